The second-order valence-corrected chi connectivity index (χ2v) is 4.63. The molecule has 0 spiro atoms. The molecule has 0 aliphatic heterocycles. The highest BCUT2D eigenvalue weighted by molar-refractivity contribution is 5.70. The summed E-state index contributed by atoms with van der Waals surface area (Å²) >= 11 is 0. The molecule has 11 heteroatoms. The van der Waals surface area contributed by atoms with E-state index in [1.165, 1.54) is 9.80 Å². The van der Waals surface area contributed by atoms with Crippen molar-refractivity contribution in [2.75, 3.05) is 39.3 Å². The summed E-state index contributed by atoms with van der Waals surface area (Å²) in [7, 11) is 0. The lowest BCUT2D eigenvalue weighted by Gasteiger charge is -2.25. The van der Waals surface area contributed by atoms with E-state index in [1.54, 1.807) is 0 Å². The summed E-state index contributed by atoms with van der Waals surface area (Å²) in [5.74, 6) is -4.38. The molecule has 0 fully saturated rings. The van der Waals surface area contributed by atoms with Crippen molar-refractivity contribution >= 4 is 23.9 Å². The maximum atomic E-state index is 10.7. The van der Waals surface area contributed by atoms with E-state index in [1.807, 2.05) is 0 Å². The number of carboxylic acids is 4. The molecule has 0 aromatic carbocycles. The fourth-order valence-electron chi connectivity index (χ4n) is 1.71. The van der Waals surface area contributed by atoms with Gasteiger partial charge in [0.05, 0.1) is 25.9 Å². The third-order valence-corrected chi connectivity index (χ3v) is 2.73. The van der Waals surface area contributed by atoms with Gasteiger partial charge in [0, 0.05) is 26.2 Å². The minimum absolute atomic E-state index is 0. The first-order valence-electron chi connectivity index (χ1n) is 6.52. The Kier molecular flexibility index (Phi) is 12.3. The highest BCUT2D eigenvalue weighted by Gasteiger charge is 2.16. The van der Waals surface area contributed by atoms with Crippen molar-refractivity contribution in [2.24, 2.45) is 0 Å². The molecular weight excluding hydrogens is 316 g/mol. The van der Waals surface area contributed by atoms with Crippen molar-refractivity contribution in [1.29, 1.82) is 0 Å². The first kappa shape index (κ1) is 23.0. The SMILES string of the molecule is O.O=C(O)CCN(CCN(CCC(=O)O)CC(=O)O)CC(=O)O. The molecule has 0 amide bonds. The predicted molar refractivity (Wildman–Crippen MR) is 76.3 cm³/mol. The zero-order valence-corrected chi connectivity index (χ0v) is 12.5. The Balaban J connectivity index is 0. The molecule has 23 heavy (non-hydrogen) atoms. The van der Waals surface area contributed by atoms with Crippen LogP contribution in [0.25, 0.3) is 0 Å². The molecule has 0 aromatic heterocycles. The maximum Gasteiger partial charge on any atom is 0.317 e. The fraction of sp³-hybridized carbons (Fsp3) is 0.667. The van der Waals surface area contributed by atoms with E-state index < -0.39 is 23.9 Å². The van der Waals surface area contributed by atoms with E-state index in [-0.39, 0.29) is 57.6 Å². The van der Waals surface area contributed by atoms with Gasteiger partial charge < -0.3 is 25.9 Å². The standard InChI is InChI=1S/C12H20N2O8.H2O/c15-9(16)1-3-13(7-11(19)20)5-6-14(8-12(21)22)4-2-10(17)18;/h1-8H2,(H,15,16)(H,17,18)(H,19,20)(H,21,22);1H2. The molecule has 0 saturated carbocycles. The van der Waals surface area contributed by atoms with Crippen LogP contribution in [0.4, 0.5) is 0 Å². The van der Waals surface area contributed by atoms with Crippen LogP contribution in [-0.4, -0.2) is 98.8 Å². The fourth-order valence-corrected chi connectivity index (χ4v) is 1.71. The number of hydrogen-bond acceptors (Lipinski definition) is 6. The largest absolute Gasteiger partial charge is 0.481 e. The minimum atomic E-state index is -1.12. The average Bonchev–Trinajstić information content (AvgIpc) is 2.37. The van der Waals surface area contributed by atoms with Crippen LogP contribution in [0.3, 0.4) is 0 Å². The normalized spacial score (nSPS) is 10.3. The topological polar surface area (TPSA) is 187 Å². The highest BCUT2D eigenvalue weighted by Crippen LogP contribution is 1.97. The smallest absolute Gasteiger partial charge is 0.317 e. The summed E-state index contributed by atoms with van der Waals surface area (Å²) in [6.45, 7) is -0.442. The molecular formula is C12H22N2O9. The van der Waals surface area contributed by atoms with Gasteiger partial charge in [0.15, 0.2) is 0 Å². The van der Waals surface area contributed by atoms with Crippen LogP contribution in [0.15, 0.2) is 0 Å². The van der Waals surface area contributed by atoms with Crippen LogP contribution >= 0.6 is 0 Å². The van der Waals surface area contributed by atoms with Gasteiger partial charge in [-0.15, -0.1) is 0 Å². The Morgan fingerprint density at radius 1 is 0.565 bits per heavy atom. The molecule has 6 N–H and O–H groups in total. The van der Waals surface area contributed by atoms with Crippen LogP contribution in [-0.2, 0) is 19.2 Å². The van der Waals surface area contributed by atoms with E-state index in [4.69, 9.17) is 20.4 Å². The van der Waals surface area contributed by atoms with Gasteiger partial charge in [-0.2, -0.15) is 0 Å². The lowest BCUT2D eigenvalue weighted by Crippen LogP contribution is -2.41. The van der Waals surface area contributed by atoms with Gasteiger partial charge in [0.2, 0.25) is 0 Å². The lowest BCUT2D eigenvalue weighted by atomic mass is 10.3. The summed E-state index contributed by atoms with van der Waals surface area (Å²) < 4.78 is 0. The van der Waals surface area contributed by atoms with Crippen molar-refractivity contribution in [3.05, 3.63) is 0 Å². The van der Waals surface area contributed by atoms with E-state index in [9.17, 15) is 19.2 Å². The molecule has 0 radical (unpaired) electrons. The highest BCUT2D eigenvalue weighted by atomic mass is 16.4. The predicted octanol–water partition coefficient (Wildman–Crippen LogP) is -2.12. The molecule has 0 atom stereocenters. The van der Waals surface area contributed by atoms with Crippen molar-refractivity contribution in [3.8, 4) is 0 Å². The van der Waals surface area contributed by atoms with E-state index in [0.29, 0.717) is 0 Å². The molecule has 0 rings (SSSR count). The first-order valence-corrected chi connectivity index (χ1v) is 6.52. The third kappa shape index (κ3) is 14.5. The zero-order valence-electron chi connectivity index (χ0n) is 12.5. The second-order valence-electron chi connectivity index (χ2n) is 4.63. The molecule has 0 aromatic rings. The Hall–Kier alpha value is -2.24. The van der Waals surface area contributed by atoms with Gasteiger partial charge in [-0.25, -0.2) is 0 Å². The number of rotatable bonds is 13. The molecule has 134 valence electrons. The molecule has 0 bridgehead atoms. The molecule has 11 nitrogen and oxygen atoms in total. The van der Waals surface area contributed by atoms with Gasteiger partial charge in [0.25, 0.3) is 0 Å². The maximum absolute atomic E-state index is 10.7. The Morgan fingerprint density at radius 2 is 0.870 bits per heavy atom. The van der Waals surface area contributed by atoms with Gasteiger partial charge in [-0.05, 0) is 0 Å². The summed E-state index contributed by atoms with van der Waals surface area (Å²) in [6, 6.07) is 0. The molecule has 0 heterocycles. The summed E-state index contributed by atoms with van der Waals surface area (Å²) in [5.41, 5.74) is 0. The van der Waals surface area contributed by atoms with Crippen molar-refractivity contribution in [1.82, 2.24) is 9.80 Å². The van der Waals surface area contributed by atoms with Crippen LogP contribution in [0, 0.1) is 0 Å². The number of hydrogen-bond donors (Lipinski definition) is 4. The summed E-state index contributed by atoms with van der Waals surface area (Å²) in [4.78, 5) is 45.2. The number of carbonyl (C=O) groups is 4. The molecule has 0 saturated heterocycles. The zero-order chi connectivity index (χ0) is 17.1. The van der Waals surface area contributed by atoms with Gasteiger partial charge in [0.1, 0.15) is 0 Å². The van der Waals surface area contributed by atoms with Gasteiger partial charge >= 0.3 is 23.9 Å². The van der Waals surface area contributed by atoms with Crippen LogP contribution in [0.2, 0.25) is 0 Å². The first-order chi connectivity index (χ1) is 10.2. The number of nitrogens with zero attached hydrogens (tertiary/aromatic N) is 2. The number of carboxylic acid groups (broad SMARTS) is 4. The van der Waals surface area contributed by atoms with Crippen LogP contribution in [0.1, 0.15) is 12.8 Å². The number of aliphatic carboxylic acids is 4. The van der Waals surface area contributed by atoms with Crippen molar-refractivity contribution in [2.45, 2.75) is 12.8 Å². The summed E-state index contributed by atoms with van der Waals surface area (Å²) in [5, 5.41) is 34.7. The minimum Gasteiger partial charge on any atom is -0.481 e. The molecule has 0 unspecified atom stereocenters. The van der Waals surface area contributed by atoms with Gasteiger partial charge in [-0.1, -0.05) is 0 Å². The van der Waals surface area contributed by atoms with Crippen LogP contribution in [0.5, 0.6) is 0 Å². The Bertz CT molecular complexity index is 375. The van der Waals surface area contributed by atoms with Crippen molar-refractivity contribution in [3.63, 3.8) is 0 Å². The monoisotopic (exact) mass is 338 g/mol. The van der Waals surface area contributed by atoms with E-state index in [2.05, 4.69) is 0 Å². The van der Waals surface area contributed by atoms with Crippen LogP contribution < -0.4 is 0 Å². The quantitative estimate of drug-likeness (QED) is 0.289. The summed E-state index contributed by atoms with van der Waals surface area (Å²) in [6.07, 6.45) is -0.470. The molecule has 0 aliphatic rings. The molecule has 0 aliphatic carbocycles. The second kappa shape index (κ2) is 12.3. The van der Waals surface area contributed by atoms with E-state index in [0.717, 1.165) is 0 Å². The third-order valence-electron chi connectivity index (χ3n) is 2.73. The van der Waals surface area contributed by atoms with Gasteiger partial charge in [-0.3, -0.25) is 29.0 Å². The Morgan fingerprint density at radius 3 is 1.09 bits per heavy atom. The van der Waals surface area contributed by atoms with E-state index >= 15 is 0 Å². The lowest BCUT2D eigenvalue weighted by molar-refractivity contribution is -0.142. The Labute approximate surface area is 132 Å². The average molecular weight is 338 g/mol. The van der Waals surface area contributed by atoms with Crippen molar-refractivity contribution < 1.29 is 45.1 Å².